The number of H-pyrrole nitrogens is 1. The van der Waals surface area contributed by atoms with Crippen molar-refractivity contribution >= 4 is 51.9 Å². The molecule has 0 fully saturated rings. The third kappa shape index (κ3) is 3.04. The van der Waals surface area contributed by atoms with Crippen LogP contribution in [-0.2, 0) is 18.3 Å². The van der Waals surface area contributed by atoms with E-state index in [2.05, 4.69) is 38.8 Å². The highest BCUT2D eigenvalue weighted by atomic mass is 35.5. The number of carboxylic acid groups (broad SMARTS) is 1. The summed E-state index contributed by atoms with van der Waals surface area (Å²) in [7, 11) is 2.03. The molecule has 2 aromatic heterocycles. The van der Waals surface area contributed by atoms with Crippen molar-refractivity contribution in [2.45, 2.75) is 23.4 Å². The van der Waals surface area contributed by atoms with Gasteiger partial charge in [0.05, 0.1) is 16.3 Å². The van der Waals surface area contributed by atoms with Gasteiger partial charge in [-0.2, -0.15) is 0 Å². The van der Waals surface area contributed by atoms with Gasteiger partial charge in [0.2, 0.25) is 0 Å². The van der Waals surface area contributed by atoms with Crippen LogP contribution in [0.4, 0.5) is 0 Å². The van der Waals surface area contributed by atoms with Gasteiger partial charge in [0, 0.05) is 36.3 Å². The summed E-state index contributed by atoms with van der Waals surface area (Å²) in [6.45, 7) is 2.00. The number of alkyl halides is 1. The average molecular weight is 388 g/mol. The highest BCUT2D eigenvalue weighted by Gasteiger charge is 2.34. The molecule has 3 aromatic rings. The van der Waals surface area contributed by atoms with E-state index < -0.39 is 10.8 Å². The Morgan fingerprint density at radius 2 is 2.27 bits per heavy atom. The van der Waals surface area contributed by atoms with E-state index in [0.717, 1.165) is 22.5 Å². The van der Waals surface area contributed by atoms with E-state index in [1.165, 1.54) is 22.7 Å². The predicted octanol–water partition coefficient (Wildman–Crippen LogP) is 4.17. The molecule has 5 nitrogen and oxygen atoms in total. The molecule has 134 valence electrons. The van der Waals surface area contributed by atoms with Gasteiger partial charge < -0.3 is 14.7 Å². The van der Waals surface area contributed by atoms with Crippen molar-refractivity contribution in [2.75, 3.05) is 5.75 Å². The second-order valence-corrected chi connectivity index (χ2v) is 8.52. The minimum absolute atomic E-state index is 0.0220. The number of fused-ring (bicyclic) bond motifs is 2. The third-order valence-electron chi connectivity index (χ3n) is 4.67. The van der Waals surface area contributed by atoms with Gasteiger partial charge in [0.1, 0.15) is 0 Å². The van der Waals surface area contributed by atoms with Gasteiger partial charge in [-0.3, -0.25) is 4.79 Å². The molecule has 1 aliphatic carbocycles. The van der Waals surface area contributed by atoms with Gasteiger partial charge in [0.15, 0.2) is 5.16 Å². The van der Waals surface area contributed by atoms with Crippen LogP contribution in [0.25, 0.3) is 22.6 Å². The number of hydrogen-bond acceptors (Lipinski definition) is 3. The van der Waals surface area contributed by atoms with E-state index in [4.69, 9.17) is 16.7 Å². The lowest BCUT2D eigenvalue weighted by molar-refractivity contribution is -0.133. The van der Waals surface area contributed by atoms with Gasteiger partial charge in [-0.25, -0.2) is 4.98 Å². The monoisotopic (exact) mass is 387 g/mol. The Kier molecular flexibility index (Phi) is 4.12. The molecule has 7 heteroatoms. The Morgan fingerprint density at radius 1 is 1.46 bits per heavy atom. The topological polar surface area (TPSA) is 70.9 Å². The molecular formula is C19H18ClN3O2S. The maximum atomic E-state index is 10.8. The number of imidazole rings is 1. The smallest absolute Gasteiger partial charge is 0.313 e. The number of carboxylic acids is 1. The fraction of sp³-hybridized carbons (Fsp3) is 0.263. The number of nitrogens with one attached hydrogen (secondary N) is 1. The number of halogens is 1. The number of aromatic nitrogens is 3. The summed E-state index contributed by atoms with van der Waals surface area (Å²) < 4.78 is 2.09. The minimum Gasteiger partial charge on any atom is -0.481 e. The number of aryl methyl sites for hydroxylation is 1. The highest BCUT2D eigenvalue weighted by molar-refractivity contribution is 7.99. The van der Waals surface area contributed by atoms with Gasteiger partial charge in [-0.1, -0.05) is 17.8 Å². The fourth-order valence-electron chi connectivity index (χ4n) is 3.40. The Labute approximate surface area is 160 Å². The number of rotatable bonds is 4. The van der Waals surface area contributed by atoms with E-state index in [-0.39, 0.29) is 5.75 Å². The van der Waals surface area contributed by atoms with Crippen molar-refractivity contribution in [1.82, 2.24) is 14.5 Å². The quantitative estimate of drug-likeness (QED) is 0.520. The Balaban J connectivity index is 1.74. The molecule has 0 saturated carbocycles. The Bertz CT molecular complexity index is 1050. The van der Waals surface area contributed by atoms with Crippen LogP contribution in [-0.4, -0.2) is 36.2 Å². The summed E-state index contributed by atoms with van der Waals surface area (Å²) in [5.41, 5.74) is 5.06. The molecule has 1 aliphatic rings. The summed E-state index contributed by atoms with van der Waals surface area (Å²) in [4.78, 5) is 17.9. The largest absolute Gasteiger partial charge is 0.481 e. The molecule has 0 spiro atoms. The number of aliphatic carboxylic acids is 1. The van der Waals surface area contributed by atoms with Crippen molar-refractivity contribution in [3.63, 3.8) is 0 Å². The van der Waals surface area contributed by atoms with Crippen LogP contribution in [0.2, 0.25) is 0 Å². The first-order valence-corrected chi connectivity index (χ1v) is 9.60. The second-order valence-electron chi connectivity index (χ2n) is 6.72. The maximum Gasteiger partial charge on any atom is 0.313 e. The number of carbonyl (C=O) groups is 1. The van der Waals surface area contributed by atoms with E-state index in [1.807, 2.05) is 26.2 Å². The molecule has 1 unspecified atom stereocenters. The summed E-state index contributed by atoms with van der Waals surface area (Å²) in [5.74, 6) is -0.884. The van der Waals surface area contributed by atoms with Gasteiger partial charge in [0.25, 0.3) is 0 Å². The lowest BCUT2D eigenvalue weighted by Gasteiger charge is -2.29. The molecule has 0 radical (unpaired) electrons. The minimum atomic E-state index is -0.862. The normalized spacial score (nSPS) is 19.4. The molecule has 4 rings (SSSR count). The zero-order chi connectivity index (χ0) is 18.5. The second kappa shape index (κ2) is 6.21. The lowest BCUT2D eigenvalue weighted by atomic mass is 9.84. The van der Waals surface area contributed by atoms with E-state index in [0.29, 0.717) is 11.6 Å². The van der Waals surface area contributed by atoms with Crippen molar-refractivity contribution in [1.29, 1.82) is 0 Å². The zero-order valence-corrected chi connectivity index (χ0v) is 16.0. The van der Waals surface area contributed by atoms with Crippen LogP contribution < -0.4 is 0 Å². The molecule has 0 aliphatic heterocycles. The van der Waals surface area contributed by atoms with Crippen LogP contribution in [0.1, 0.15) is 23.9 Å². The summed E-state index contributed by atoms with van der Waals surface area (Å²) in [6, 6.07) is 8.44. The first-order chi connectivity index (χ1) is 12.3. The molecule has 0 bridgehead atoms. The molecule has 1 aromatic carbocycles. The number of aromatic amines is 1. The Morgan fingerprint density at radius 3 is 3.04 bits per heavy atom. The molecule has 26 heavy (non-hydrogen) atoms. The van der Waals surface area contributed by atoms with Crippen LogP contribution in [0, 0.1) is 0 Å². The van der Waals surface area contributed by atoms with Gasteiger partial charge in [-0.05, 0) is 42.3 Å². The van der Waals surface area contributed by atoms with E-state index in [9.17, 15) is 4.79 Å². The van der Waals surface area contributed by atoms with Crippen LogP contribution in [0.5, 0.6) is 0 Å². The van der Waals surface area contributed by atoms with Crippen molar-refractivity contribution in [3.8, 4) is 0 Å². The van der Waals surface area contributed by atoms with Crippen molar-refractivity contribution in [3.05, 3.63) is 47.4 Å². The first-order valence-electron chi connectivity index (χ1n) is 8.23. The summed E-state index contributed by atoms with van der Waals surface area (Å²) in [5, 5.41) is 10.6. The summed E-state index contributed by atoms with van der Waals surface area (Å²) in [6.07, 6.45) is 4.67. The molecule has 2 N–H and O–H groups in total. The van der Waals surface area contributed by atoms with E-state index in [1.54, 1.807) is 0 Å². The highest BCUT2D eigenvalue weighted by Crippen LogP contribution is 2.42. The maximum absolute atomic E-state index is 10.8. The first kappa shape index (κ1) is 17.2. The van der Waals surface area contributed by atoms with Gasteiger partial charge >= 0.3 is 5.97 Å². The predicted molar refractivity (Wildman–Crippen MR) is 106 cm³/mol. The third-order valence-corrected chi connectivity index (χ3v) is 5.86. The average Bonchev–Trinajstić information content (AvgIpc) is 3.14. The number of thioether (sulfide) groups is 1. The van der Waals surface area contributed by atoms with E-state index >= 15 is 0 Å². The lowest BCUT2D eigenvalue weighted by Crippen LogP contribution is -2.25. The van der Waals surface area contributed by atoms with Crippen LogP contribution in [0.3, 0.4) is 0 Å². The standard InChI is InChI=1S/C19H18ClN3O2S/c1-19(20)9-15-14(21-18(22-15)26-10-17(24)25)8-13(19)11-3-4-16-12(7-11)5-6-23(16)2/h3-8H,9-10H2,1-2H3,(H,21,22)(H,24,25). The number of nitrogens with zero attached hydrogens (tertiary/aromatic N) is 2. The molecule has 0 amide bonds. The Hall–Kier alpha value is -2.18. The number of benzene rings is 1. The fourth-order valence-corrected chi connectivity index (χ4v) is 4.31. The van der Waals surface area contributed by atoms with Crippen LogP contribution in [0.15, 0.2) is 35.6 Å². The number of hydrogen-bond donors (Lipinski definition) is 2. The van der Waals surface area contributed by atoms with Crippen LogP contribution >= 0.6 is 23.4 Å². The molecular weight excluding hydrogens is 370 g/mol. The number of allylic oxidation sites excluding steroid dienone is 1. The van der Waals surface area contributed by atoms with Crippen molar-refractivity contribution in [2.24, 2.45) is 7.05 Å². The molecule has 2 heterocycles. The molecule has 0 saturated heterocycles. The SMILES string of the molecule is Cn1ccc2cc(C3=Cc4nc(SCC(=O)O)[nH]c4CC3(C)Cl)ccc21. The molecule has 1 atom stereocenters. The summed E-state index contributed by atoms with van der Waals surface area (Å²) >= 11 is 8.05. The van der Waals surface area contributed by atoms with Gasteiger partial charge in [-0.15, -0.1) is 11.6 Å². The zero-order valence-electron chi connectivity index (χ0n) is 14.4. The van der Waals surface area contributed by atoms with Crippen molar-refractivity contribution < 1.29 is 9.90 Å².